The predicted molar refractivity (Wildman–Crippen MR) is 314 cm³/mol. The molecule has 0 saturated carbocycles. The van der Waals surface area contributed by atoms with Crippen LogP contribution in [-0.2, 0) is 10.8 Å². The van der Waals surface area contributed by atoms with Gasteiger partial charge in [-0.1, -0.05) is 192 Å². The Bertz CT molecular complexity index is 4140. The second-order valence-electron chi connectivity index (χ2n) is 21.3. The number of nitrogens with zero attached hydrogens (tertiary/aromatic N) is 4. The molecule has 0 fully saturated rings. The predicted octanol–water partition coefficient (Wildman–Crippen LogP) is 15.8. The lowest BCUT2D eigenvalue weighted by molar-refractivity contribution is 0.103. The van der Waals surface area contributed by atoms with Crippen LogP contribution in [0.2, 0.25) is 0 Å². The Morgan fingerprint density at radius 2 is 0.625 bits per heavy atom. The number of benzene rings is 9. The van der Waals surface area contributed by atoms with Gasteiger partial charge >= 0.3 is 0 Å². The van der Waals surface area contributed by atoms with E-state index in [0.717, 1.165) is 100 Å². The zero-order valence-electron chi connectivity index (χ0n) is 44.2. The first kappa shape index (κ1) is 48.9. The summed E-state index contributed by atoms with van der Waals surface area (Å²) in [5.74, 6) is -0.482. The van der Waals surface area contributed by atoms with Gasteiger partial charge in [-0.15, -0.1) is 0 Å². The molecule has 0 saturated heterocycles. The van der Waals surface area contributed by atoms with Crippen molar-refractivity contribution in [3.63, 3.8) is 0 Å². The molecule has 0 spiro atoms. The highest BCUT2D eigenvalue weighted by molar-refractivity contribution is 6.31. The SMILES string of the molecule is Cc1ccc(C2(c3ccc(C)cc3)c3cc(/C=C4\C(=O)c5ccccc5C4=C(C#N)C#N)ccc3-c3cc4c(cc32)-c2ccc(/C=C3\C(=O)c5ccccc5C3=C(C#N)C#N)cc2C4(c2ccc(C)cc2)c2ccc(C)cc2)cc1. The van der Waals surface area contributed by atoms with Crippen LogP contribution in [0.1, 0.15) is 110 Å². The minimum atomic E-state index is -0.898. The molecule has 0 heterocycles. The molecule has 9 aromatic carbocycles. The monoisotopic (exact) mass is 1020 g/mol. The van der Waals surface area contributed by atoms with Crippen LogP contribution < -0.4 is 0 Å². The van der Waals surface area contributed by atoms with E-state index in [9.17, 15) is 30.6 Å². The van der Waals surface area contributed by atoms with E-state index in [1.54, 1.807) is 36.4 Å². The van der Waals surface area contributed by atoms with Gasteiger partial charge in [-0.25, -0.2) is 0 Å². The van der Waals surface area contributed by atoms with Crippen LogP contribution >= 0.6 is 0 Å². The van der Waals surface area contributed by atoms with Gasteiger partial charge in [-0.2, -0.15) is 21.0 Å². The number of Topliss-reactive ketones (excluding diaryl/α,β-unsaturated/α-hetero) is 2. The van der Waals surface area contributed by atoms with Gasteiger partial charge in [0.05, 0.1) is 10.8 Å². The molecule has 0 N–H and O–H groups in total. The number of rotatable bonds is 6. The first-order valence-electron chi connectivity index (χ1n) is 26.5. The molecule has 80 heavy (non-hydrogen) atoms. The fourth-order valence-corrected chi connectivity index (χ4v) is 13.2. The van der Waals surface area contributed by atoms with E-state index >= 15 is 0 Å². The number of carbonyl (C=O) groups excluding carboxylic acids is 2. The molecule has 0 atom stereocenters. The molecular formula is C74H46N4O2. The van der Waals surface area contributed by atoms with Crippen molar-refractivity contribution in [2.45, 2.75) is 38.5 Å². The van der Waals surface area contributed by atoms with E-state index in [0.29, 0.717) is 44.5 Å². The molecule has 0 amide bonds. The number of carbonyl (C=O) groups is 2. The van der Waals surface area contributed by atoms with Crippen molar-refractivity contribution in [1.82, 2.24) is 0 Å². The van der Waals surface area contributed by atoms with Gasteiger partial charge in [-0.3, -0.25) is 9.59 Å². The molecule has 6 nitrogen and oxygen atoms in total. The number of hydrogen-bond acceptors (Lipinski definition) is 6. The molecule has 0 bridgehead atoms. The van der Waals surface area contributed by atoms with Gasteiger partial charge in [-0.05, 0) is 153 Å². The average molecular weight is 1020 g/mol. The van der Waals surface area contributed by atoms with E-state index in [1.807, 2.05) is 36.4 Å². The summed E-state index contributed by atoms with van der Waals surface area (Å²) in [6.45, 7) is 8.37. The standard InChI is InChI=1S/C74H46N4O2/c1-43-13-23-51(24-14-43)73(52-25-15-44(2)16-26-52)65-35-47(33-63-69(49(39-75)40-76)57-9-5-7-11-59(57)71(63)79)21-31-55(65)61-38-68-62(37-67(61)73)56-32-22-48(34-64-70(50(41-77)42-78)58-10-6-8-12-60(58)72(64)80)36-66(56)74(68,53-27-17-45(3)18-28-53)54-29-19-46(4)20-30-54/h5-38H,1-4H3/b63-33-,64-34-. The Kier molecular flexibility index (Phi) is 11.3. The van der Waals surface area contributed by atoms with Crippen LogP contribution in [0.15, 0.2) is 216 Å². The summed E-state index contributed by atoms with van der Waals surface area (Å²) in [5.41, 5.74) is 19.8. The van der Waals surface area contributed by atoms with Crippen molar-refractivity contribution in [2.75, 3.05) is 0 Å². The van der Waals surface area contributed by atoms with Crippen LogP contribution in [0.25, 0.3) is 45.6 Å². The minimum Gasteiger partial charge on any atom is -0.289 e. The lowest BCUT2D eigenvalue weighted by Gasteiger charge is -2.36. The Morgan fingerprint density at radius 1 is 0.338 bits per heavy atom. The fraction of sp³-hybridized carbons (Fsp3) is 0.0811. The smallest absolute Gasteiger partial charge is 0.194 e. The number of allylic oxidation sites excluding steroid dienone is 6. The zero-order valence-corrected chi connectivity index (χ0v) is 44.2. The molecule has 374 valence electrons. The number of fused-ring (bicyclic) bond motifs is 8. The third-order valence-corrected chi connectivity index (χ3v) is 16.9. The van der Waals surface area contributed by atoms with Crippen molar-refractivity contribution < 1.29 is 9.59 Å². The molecule has 6 heteroatoms. The average Bonchev–Trinajstić information content (AvgIpc) is 4.31. The normalized spacial score (nSPS) is 15.4. The second kappa shape index (κ2) is 18.5. The number of ketones is 2. The van der Waals surface area contributed by atoms with Crippen molar-refractivity contribution >= 4 is 34.9 Å². The van der Waals surface area contributed by atoms with Gasteiger partial charge in [0, 0.05) is 33.4 Å². The molecule has 13 rings (SSSR count). The maximum absolute atomic E-state index is 14.4. The summed E-state index contributed by atoms with van der Waals surface area (Å²) < 4.78 is 0. The molecule has 0 aliphatic heterocycles. The molecule has 0 aromatic heterocycles. The zero-order chi connectivity index (χ0) is 55.2. The van der Waals surface area contributed by atoms with Gasteiger partial charge in [0.1, 0.15) is 35.4 Å². The maximum Gasteiger partial charge on any atom is 0.194 e. The third-order valence-electron chi connectivity index (χ3n) is 16.9. The van der Waals surface area contributed by atoms with Gasteiger partial charge in [0.25, 0.3) is 0 Å². The van der Waals surface area contributed by atoms with E-state index in [2.05, 4.69) is 185 Å². The first-order valence-corrected chi connectivity index (χ1v) is 26.5. The second-order valence-corrected chi connectivity index (χ2v) is 21.3. The van der Waals surface area contributed by atoms with E-state index in [1.165, 1.54) is 0 Å². The quantitative estimate of drug-likeness (QED) is 0.120. The molecule has 4 aliphatic rings. The largest absolute Gasteiger partial charge is 0.289 e. The molecule has 0 unspecified atom stereocenters. The van der Waals surface area contributed by atoms with Gasteiger partial charge < -0.3 is 0 Å². The lowest BCUT2D eigenvalue weighted by Crippen LogP contribution is -2.30. The third kappa shape index (κ3) is 7.00. The van der Waals surface area contributed by atoms with Gasteiger partial charge in [0.2, 0.25) is 0 Å². The molecule has 4 aliphatic carbocycles. The first-order chi connectivity index (χ1) is 38.9. The van der Waals surface area contributed by atoms with Gasteiger partial charge in [0.15, 0.2) is 11.6 Å². The number of aryl methyl sites for hydroxylation is 4. The Hall–Kier alpha value is -10.8. The minimum absolute atomic E-state index is 0.118. The van der Waals surface area contributed by atoms with Crippen LogP contribution in [0, 0.1) is 73.0 Å². The Balaban J connectivity index is 1.12. The summed E-state index contributed by atoms with van der Waals surface area (Å²) in [5, 5.41) is 41.0. The fourth-order valence-electron chi connectivity index (χ4n) is 13.2. The highest BCUT2D eigenvalue weighted by Gasteiger charge is 2.52. The van der Waals surface area contributed by atoms with Crippen molar-refractivity contribution in [1.29, 1.82) is 21.0 Å². The summed E-state index contributed by atoms with van der Waals surface area (Å²) in [4.78, 5) is 28.8. The molecule has 0 radical (unpaired) electrons. The Labute approximate surface area is 464 Å². The van der Waals surface area contributed by atoms with Crippen LogP contribution in [-0.4, -0.2) is 11.6 Å². The van der Waals surface area contributed by atoms with Crippen LogP contribution in [0.5, 0.6) is 0 Å². The maximum atomic E-state index is 14.4. The highest BCUT2D eigenvalue weighted by atomic mass is 16.1. The van der Waals surface area contributed by atoms with Crippen molar-refractivity contribution in [3.05, 3.63) is 317 Å². The van der Waals surface area contributed by atoms with Crippen molar-refractivity contribution in [2.24, 2.45) is 0 Å². The summed E-state index contributed by atoms with van der Waals surface area (Å²) in [6.07, 6.45) is 3.68. The van der Waals surface area contributed by atoms with Crippen LogP contribution in [0.3, 0.4) is 0 Å². The summed E-state index contributed by atoms with van der Waals surface area (Å²) in [7, 11) is 0. The topological polar surface area (TPSA) is 129 Å². The highest BCUT2D eigenvalue weighted by Crippen LogP contribution is 2.63. The van der Waals surface area contributed by atoms with E-state index < -0.39 is 10.8 Å². The Morgan fingerprint density at radius 3 is 0.925 bits per heavy atom. The van der Waals surface area contributed by atoms with E-state index in [4.69, 9.17) is 0 Å². The van der Waals surface area contributed by atoms with Crippen LogP contribution in [0.4, 0.5) is 0 Å². The summed E-state index contributed by atoms with van der Waals surface area (Å²) >= 11 is 0. The van der Waals surface area contributed by atoms with Crippen molar-refractivity contribution in [3.8, 4) is 46.5 Å². The molecule has 9 aromatic rings. The number of hydrogen-bond donors (Lipinski definition) is 0. The summed E-state index contributed by atoms with van der Waals surface area (Å²) in [6, 6.07) is 75.3. The number of nitriles is 4. The lowest BCUT2D eigenvalue weighted by atomic mass is 9.65. The molecular weight excluding hydrogens is 977 g/mol. The van der Waals surface area contributed by atoms with E-state index in [-0.39, 0.29) is 22.7 Å².